The second-order valence-corrected chi connectivity index (χ2v) is 4.86. The van der Waals surface area contributed by atoms with Gasteiger partial charge in [-0.05, 0) is 27.6 Å². The zero-order valence-electron chi connectivity index (χ0n) is 11.2. The number of ketones is 2. The quantitative estimate of drug-likeness (QED) is 0.317. The first kappa shape index (κ1) is 13.0. The molecule has 0 aliphatic carbocycles. The third-order valence-electron chi connectivity index (χ3n) is 3.51. The summed E-state index contributed by atoms with van der Waals surface area (Å²) in [4.78, 5) is 23.0. The minimum absolute atomic E-state index is 0.323. The highest BCUT2D eigenvalue weighted by molar-refractivity contribution is 6.15. The van der Waals surface area contributed by atoms with E-state index < -0.39 is 5.78 Å². The molecule has 0 fully saturated rings. The van der Waals surface area contributed by atoms with Crippen LogP contribution in [0.3, 0.4) is 0 Å². The van der Waals surface area contributed by atoms with Gasteiger partial charge in [0.15, 0.2) is 5.78 Å². The van der Waals surface area contributed by atoms with E-state index in [4.69, 9.17) is 5.26 Å². The molecule has 0 radical (unpaired) electrons. The molecule has 0 unspecified atom stereocenters. The Labute approximate surface area is 121 Å². The number of carbonyl (C=O) groups is 2. The summed E-state index contributed by atoms with van der Waals surface area (Å²) in [6, 6.07) is 18.9. The number of benzene rings is 3. The van der Waals surface area contributed by atoms with Gasteiger partial charge in [0, 0.05) is 5.56 Å². The molecule has 0 amide bonds. The molecular weight excluding hydrogens is 262 g/mol. The van der Waals surface area contributed by atoms with Gasteiger partial charge in [-0.1, -0.05) is 48.5 Å². The van der Waals surface area contributed by atoms with Crippen LogP contribution in [0.15, 0.2) is 54.6 Å². The predicted octanol–water partition coefficient (Wildman–Crippen LogP) is 3.66. The van der Waals surface area contributed by atoms with E-state index in [1.807, 2.05) is 42.5 Å². The Morgan fingerprint density at radius 1 is 0.905 bits per heavy atom. The summed E-state index contributed by atoms with van der Waals surface area (Å²) in [5.74, 6) is -1.03. The van der Waals surface area contributed by atoms with Crippen molar-refractivity contribution in [3.8, 4) is 6.07 Å². The summed E-state index contributed by atoms with van der Waals surface area (Å²) in [7, 11) is 0. The van der Waals surface area contributed by atoms with Crippen molar-refractivity contribution in [2.45, 2.75) is 6.42 Å². The van der Waals surface area contributed by atoms with Crippen LogP contribution in [0.2, 0.25) is 0 Å². The molecule has 0 aliphatic heterocycles. The van der Waals surface area contributed by atoms with Crippen molar-refractivity contribution in [1.82, 2.24) is 0 Å². The molecule has 3 nitrogen and oxygen atoms in total. The third-order valence-corrected chi connectivity index (χ3v) is 3.51. The van der Waals surface area contributed by atoms with Crippen LogP contribution in [0, 0.1) is 11.3 Å². The second kappa shape index (κ2) is 5.18. The monoisotopic (exact) mass is 273 g/mol. The van der Waals surface area contributed by atoms with Gasteiger partial charge in [-0.2, -0.15) is 5.26 Å². The summed E-state index contributed by atoms with van der Waals surface area (Å²) in [6.07, 6.45) is -0.365. The van der Waals surface area contributed by atoms with Crippen molar-refractivity contribution >= 4 is 33.1 Å². The van der Waals surface area contributed by atoms with Crippen molar-refractivity contribution in [1.29, 1.82) is 5.26 Å². The maximum atomic E-state index is 11.9. The van der Waals surface area contributed by atoms with E-state index in [0.29, 0.717) is 5.56 Å². The minimum atomic E-state index is -0.710. The van der Waals surface area contributed by atoms with Crippen molar-refractivity contribution in [2.24, 2.45) is 0 Å². The van der Waals surface area contributed by atoms with E-state index in [2.05, 4.69) is 0 Å². The number of carbonyl (C=O) groups excluding carboxylic acids is 2. The number of hydrogen-bond acceptors (Lipinski definition) is 3. The van der Waals surface area contributed by atoms with Gasteiger partial charge in [0.2, 0.25) is 5.78 Å². The van der Waals surface area contributed by atoms with E-state index in [1.54, 1.807) is 12.1 Å². The average molecular weight is 273 g/mol. The van der Waals surface area contributed by atoms with Crippen molar-refractivity contribution in [3.05, 3.63) is 60.2 Å². The number of nitrogens with zero attached hydrogens (tertiary/aromatic N) is 1. The van der Waals surface area contributed by atoms with Crippen molar-refractivity contribution in [2.75, 3.05) is 0 Å². The van der Waals surface area contributed by atoms with Gasteiger partial charge in [-0.15, -0.1) is 0 Å². The Balaban J connectivity index is 2.09. The van der Waals surface area contributed by atoms with Crippen LogP contribution >= 0.6 is 0 Å². The van der Waals surface area contributed by atoms with Gasteiger partial charge in [-0.3, -0.25) is 9.59 Å². The fourth-order valence-corrected chi connectivity index (χ4v) is 2.47. The summed E-state index contributed by atoms with van der Waals surface area (Å²) >= 11 is 0. The van der Waals surface area contributed by atoms with Crippen molar-refractivity contribution < 1.29 is 9.59 Å². The molecule has 3 rings (SSSR count). The summed E-state index contributed by atoms with van der Waals surface area (Å²) in [6.45, 7) is 0. The standard InChI is InChI=1S/C18H11NO2/c19-11-15(20)10-18(21)14-7-8-17-13(9-14)6-5-12-3-1-2-4-16(12)17/h1-9H,10H2. The molecule has 0 bridgehead atoms. The first-order valence-electron chi connectivity index (χ1n) is 6.57. The molecular formula is C18H11NO2. The number of hydrogen-bond donors (Lipinski definition) is 0. The maximum absolute atomic E-state index is 11.9. The summed E-state index contributed by atoms with van der Waals surface area (Å²) in [5, 5.41) is 12.8. The van der Waals surface area contributed by atoms with Gasteiger partial charge in [0.1, 0.15) is 6.07 Å². The van der Waals surface area contributed by atoms with E-state index in [0.717, 1.165) is 21.5 Å². The molecule has 3 aromatic rings. The Bertz CT molecular complexity index is 919. The lowest BCUT2D eigenvalue weighted by molar-refractivity contribution is -0.113. The van der Waals surface area contributed by atoms with Crippen LogP contribution in [0.5, 0.6) is 0 Å². The number of fused-ring (bicyclic) bond motifs is 3. The normalized spacial score (nSPS) is 10.4. The van der Waals surface area contributed by atoms with Crippen LogP contribution in [0.25, 0.3) is 21.5 Å². The zero-order valence-corrected chi connectivity index (χ0v) is 11.2. The molecule has 0 saturated heterocycles. The van der Waals surface area contributed by atoms with E-state index in [-0.39, 0.29) is 12.2 Å². The fourth-order valence-electron chi connectivity index (χ4n) is 2.47. The first-order valence-corrected chi connectivity index (χ1v) is 6.57. The summed E-state index contributed by atoms with van der Waals surface area (Å²) in [5.41, 5.74) is 0.460. The summed E-state index contributed by atoms with van der Waals surface area (Å²) < 4.78 is 0. The SMILES string of the molecule is N#CC(=O)CC(=O)c1ccc2c(ccc3ccccc32)c1. The lowest BCUT2D eigenvalue weighted by atomic mass is 9.98. The van der Waals surface area contributed by atoms with Gasteiger partial charge in [0.05, 0.1) is 6.42 Å². The number of rotatable bonds is 3. The highest BCUT2D eigenvalue weighted by Crippen LogP contribution is 2.26. The van der Waals surface area contributed by atoms with E-state index in [9.17, 15) is 9.59 Å². The van der Waals surface area contributed by atoms with Crippen molar-refractivity contribution in [3.63, 3.8) is 0 Å². The Kier molecular flexibility index (Phi) is 3.21. The van der Waals surface area contributed by atoms with E-state index >= 15 is 0 Å². The molecule has 100 valence electrons. The maximum Gasteiger partial charge on any atom is 0.239 e. The molecule has 0 N–H and O–H groups in total. The smallest absolute Gasteiger partial charge is 0.239 e. The zero-order chi connectivity index (χ0) is 14.8. The minimum Gasteiger partial charge on any atom is -0.294 e. The Morgan fingerprint density at radius 3 is 2.43 bits per heavy atom. The van der Waals surface area contributed by atoms with Gasteiger partial charge in [-0.25, -0.2) is 0 Å². The molecule has 3 aromatic carbocycles. The van der Waals surface area contributed by atoms with Gasteiger partial charge < -0.3 is 0 Å². The molecule has 0 aromatic heterocycles. The molecule has 0 atom stereocenters. The lowest BCUT2D eigenvalue weighted by Crippen LogP contribution is -2.05. The Hall–Kier alpha value is -2.99. The molecule has 3 heteroatoms. The largest absolute Gasteiger partial charge is 0.294 e. The number of nitriles is 1. The van der Waals surface area contributed by atoms with E-state index in [1.165, 1.54) is 6.07 Å². The molecule has 0 spiro atoms. The molecule has 0 aliphatic rings. The third kappa shape index (κ3) is 2.39. The molecule has 21 heavy (non-hydrogen) atoms. The highest BCUT2D eigenvalue weighted by atomic mass is 16.1. The van der Waals surface area contributed by atoms with Crippen LogP contribution in [0.1, 0.15) is 16.8 Å². The topological polar surface area (TPSA) is 57.9 Å². The molecule has 0 heterocycles. The second-order valence-electron chi connectivity index (χ2n) is 4.86. The first-order chi connectivity index (χ1) is 10.2. The average Bonchev–Trinajstić information content (AvgIpc) is 2.54. The van der Waals surface area contributed by atoms with Crippen LogP contribution in [-0.2, 0) is 4.79 Å². The molecule has 0 saturated carbocycles. The number of Topliss-reactive ketones (excluding diaryl/α,β-unsaturated/α-hetero) is 2. The van der Waals surface area contributed by atoms with Gasteiger partial charge in [0.25, 0.3) is 0 Å². The van der Waals surface area contributed by atoms with Crippen LogP contribution in [0.4, 0.5) is 0 Å². The van der Waals surface area contributed by atoms with Crippen LogP contribution < -0.4 is 0 Å². The Morgan fingerprint density at radius 2 is 1.62 bits per heavy atom. The van der Waals surface area contributed by atoms with Gasteiger partial charge >= 0.3 is 0 Å². The lowest BCUT2D eigenvalue weighted by Gasteiger charge is -2.05. The van der Waals surface area contributed by atoms with Crippen LogP contribution in [-0.4, -0.2) is 11.6 Å². The fraction of sp³-hybridized carbons (Fsp3) is 0.0556. The predicted molar refractivity (Wildman–Crippen MR) is 81.0 cm³/mol. The highest BCUT2D eigenvalue weighted by Gasteiger charge is 2.12.